The highest BCUT2D eigenvalue weighted by Gasteiger charge is 2.23. The van der Waals surface area contributed by atoms with Gasteiger partial charge in [0.25, 0.3) is 0 Å². The Balaban J connectivity index is 1.44. The number of hydrogen-bond donors (Lipinski definition) is 1. The van der Waals surface area contributed by atoms with Crippen LogP contribution in [0.15, 0.2) is 48.5 Å². The Hall–Kier alpha value is -2.46. The lowest BCUT2D eigenvalue weighted by Crippen LogP contribution is -2.14. The molecule has 1 aliphatic rings. The Morgan fingerprint density at radius 3 is 2.68 bits per heavy atom. The SMILES string of the molecule is CC(C)c1ccc(CC(=O)Nc2nc3c(s2)Cc2ccccc2-3)cc1. The summed E-state index contributed by atoms with van der Waals surface area (Å²) in [5, 5.41) is 3.65. The fourth-order valence-electron chi connectivity index (χ4n) is 3.18. The van der Waals surface area contributed by atoms with Crippen LogP contribution in [0.3, 0.4) is 0 Å². The van der Waals surface area contributed by atoms with Crippen molar-refractivity contribution in [2.45, 2.75) is 32.6 Å². The van der Waals surface area contributed by atoms with Crippen LogP contribution < -0.4 is 5.32 Å². The topological polar surface area (TPSA) is 42.0 Å². The largest absolute Gasteiger partial charge is 0.302 e. The second kappa shape index (κ2) is 6.45. The molecule has 0 saturated heterocycles. The molecule has 0 atom stereocenters. The van der Waals surface area contributed by atoms with E-state index < -0.39 is 0 Å². The van der Waals surface area contributed by atoms with Crippen LogP contribution >= 0.6 is 11.3 Å². The van der Waals surface area contributed by atoms with Gasteiger partial charge < -0.3 is 5.32 Å². The van der Waals surface area contributed by atoms with Crippen LogP contribution in [-0.4, -0.2) is 10.9 Å². The first-order valence-electron chi connectivity index (χ1n) is 8.57. The first-order chi connectivity index (χ1) is 12.1. The third kappa shape index (κ3) is 3.22. The number of anilines is 1. The van der Waals surface area contributed by atoms with Gasteiger partial charge in [-0.25, -0.2) is 4.98 Å². The summed E-state index contributed by atoms with van der Waals surface area (Å²) in [6, 6.07) is 16.6. The van der Waals surface area contributed by atoms with E-state index in [2.05, 4.69) is 54.5 Å². The minimum atomic E-state index is -0.0157. The van der Waals surface area contributed by atoms with Gasteiger partial charge in [0.05, 0.1) is 12.1 Å². The van der Waals surface area contributed by atoms with E-state index in [1.54, 1.807) is 11.3 Å². The van der Waals surface area contributed by atoms with Gasteiger partial charge in [-0.3, -0.25) is 4.79 Å². The summed E-state index contributed by atoms with van der Waals surface area (Å²) in [5.74, 6) is 0.487. The molecule has 0 saturated carbocycles. The average molecular weight is 348 g/mol. The summed E-state index contributed by atoms with van der Waals surface area (Å²) < 4.78 is 0. The maximum absolute atomic E-state index is 12.3. The molecule has 0 aliphatic heterocycles. The maximum Gasteiger partial charge on any atom is 0.230 e. The van der Waals surface area contributed by atoms with Gasteiger partial charge in [-0.15, -0.1) is 11.3 Å². The van der Waals surface area contributed by atoms with Crippen LogP contribution in [0.5, 0.6) is 0 Å². The molecule has 3 aromatic rings. The van der Waals surface area contributed by atoms with Crippen molar-refractivity contribution in [3.8, 4) is 11.3 Å². The fourth-order valence-corrected chi connectivity index (χ4v) is 4.20. The van der Waals surface area contributed by atoms with Crippen molar-refractivity contribution in [3.05, 3.63) is 70.1 Å². The van der Waals surface area contributed by atoms with E-state index in [1.807, 2.05) is 18.2 Å². The monoisotopic (exact) mass is 348 g/mol. The van der Waals surface area contributed by atoms with Crippen LogP contribution in [0, 0.1) is 0 Å². The van der Waals surface area contributed by atoms with E-state index >= 15 is 0 Å². The molecule has 0 radical (unpaired) electrons. The Bertz CT molecular complexity index is 925. The summed E-state index contributed by atoms with van der Waals surface area (Å²) in [5.41, 5.74) is 5.85. The van der Waals surface area contributed by atoms with Crippen molar-refractivity contribution in [3.63, 3.8) is 0 Å². The Kier molecular flexibility index (Phi) is 4.14. The second-order valence-corrected chi connectivity index (χ2v) is 7.83. The van der Waals surface area contributed by atoms with Gasteiger partial charge in [-0.2, -0.15) is 0 Å². The molecule has 3 nitrogen and oxygen atoms in total. The number of nitrogens with zero attached hydrogens (tertiary/aromatic N) is 1. The third-order valence-corrected chi connectivity index (χ3v) is 5.55. The van der Waals surface area contributed by atoms with Crippen molar-refractivity contribution in [1.82, 2.24) is 4.98 Å². The molecule has 0 unspecified atom stereocenters. The normalized spacial score (nSPS) is 12.1. The van der Waals surface area contributed by atoms with Crippen molar-refractivity contribution < 1.29 is 4.79 Å². The highest BCUT2D eigenvalue weighted by atomic mass is 32.1. The zero-order valence-corrected chi connectivity index (χ0v) is 15.2. The van der Waals surface area contributed by atoms with E-state index in [9.17, 15) is 4.79 Å². The highest BCUT2D eigenvalue weighted by Crippen LogP contribution is 2.40. The predicted molar refractivity (Wildman–Crippen MR) is 103 cm³/mol. The summed E-state index contributed by atoms with van der Waals surface area (Å²) in [4.78, 5) is 18.2. The lowest BCUT2D eigenvalue weighted by Gasteiger charge is -2.07. The molecule has 1 aromatic heterocycles. The van der Waals surface area contributed by atoms with Crippen LogP contribution in [0.4, 0.5) is 5.13 Å². The minimum Gasteiger partial charge on any atom is -0.302 e. The van der Waals surface area contributed by atoms with Gasteiger partial charge in [0.1, 0.15) is 0 Å². The zero-order valence-electron chi connectivity index (χ0n) is 14.4. The van der Waals surface area contributed by atoms with E-state index in [-0.39, 0.29) is 5.91 Å². The quantitative estimate of drug-likeness (QED) is 0.563. The first kappa shape index (κ1) is 16.0. The van der Waals surface area contributed by atoms with E-state index in [0.29, 0.717) is 17.5 Å². The average Bonchev–Trinajstić information content (AvgIpc) is 3.12. The van der Waals surface area contributed by atoms with Crippen molar-refractivity contribution in [2.24, 2.45) is 0 Å². The number of amides is 1. The van der Waals surface area contributed by atoms with Crippen LogP contribution in [0.1, 0.15) is 41.3 Å². The first-order valence-corrected chi connectivity index (χ1v) is 9.38. The number of benzene rings is 2. The van der Waals surface area contributed by atoms with Gasteiger partial charge in [0.15, 0.2) is 5.13 Å². The molecule has 0 fully saturated rings. The number of fused-ring (bicyclic) bond motifs is 3. The Morgan fingerprint density at radius 1 is 1.16 bits per heavy atom. The van der Waals surface area contributed by atoms with E-state index in [4.69, 9.17) is 0 Å². The van der Waals surface area contributed by atoms with Crippen LogP contribution in [-0.2, 0) is 17.6 Å². The van der Waals surface area contributed by atoms with Crippen LogP contribution in [0.25, 0.3) is 11.3 Å². The summed E-state index contributed by atoms with van der Waals surface area (Å²) in [6.45, 7) is 4.34. The van der Waals surface area contributed by atoms with E-state index in [1.165, 1.54) is 21.6 Å². The smallest absolute Gasteiger partial charge is 0.230 e. The molecule has 1 N–H and O–H groups in total. The van der Waals surface area contributed by atoms with Gasteiger partial charge in [-0.05, 0) is 22.6 Å². The fraction of sp³-hybridized carbons (Fsp3) is 0.238. The number of hydrogen-bond acceptors (Lipinski definition) is 3. The van der Waals surface area contributed by atoms with Crippen molar-refractivity contribution in [1.29, 1.82) is 0 Å². The van der Waals surface area contributed by atoms with Gasteiger partial charge in [0.2, 0.25) is 5.91 Å². The van der Waals surface area contributed by atoms with Gasteiger partial charge in [-0.1, -0.05) is 62.4 Å². The van der Waals surface area contributed by atoms with Crippen molar-refractivity contribution in [2.75, 3.05) is 5.32 Å². The number of carbonyl (C=O) groups is 1. The standard InChI is InChI=1S/C21H20N2OS/c1-13(2)15-9-7-14(8-10-15)11-19(24)22-21-23-20-17-6-4-3-5-16(17)12-18(20)25-21/h3-10,13H,11-12H2,1-2H3,(H,22,23,24). The molecule has 25 heavy (non-hydrogen) atoms. The number of thiazole rings is 1. The molecular weight excluding hydrogens is 328 g/mol. The molecule has 0 spiro atoms. The molecule has 0 bridgehead atoms. The van der Waals surface area contributed by atoms with Crippen molar-refractivity contribution >= 4 is 22.4 Å². The number of carbonyl (C=O) groups excluding carboxylic acids is 1. The molecule has 4 rings (SSSR count). The molecule has 126 valence electrons. The van der Waals surface area contributed by atoms with Gasteiger partial charge in [0, 0.05) is 16.9 Å². The Morgan fingerprint density at radius 2 is 1.92 bits per heavy atom. The van der Waals surface area contributed by atoms with Gasteiger partial charge >= 0.3 is 0 Å². The Labute approximate surface area is 151 Å². The molecule has 4 heteroatoms. The molecule has 2 aromatic carbocycles. The number of aromatic nitrogens is 1. The summed E-state index contributed by atoms with van der Waals surface area (Å²) in [6.07, 6.45) is 1.29. The summed E-state index contributed by atoms with van der Waals surface area (Å²) in [7, 11) is 0. The molecular formula is C21H20N2OS. The highest BCUT2D eigenvalue weighted by molar-refractivity contribution is 7.16. The number of rotatable bonds is 4. The van der Waals surface area contributed by atoms with Crippen LogP contribution in [0.2, 0.25) is 0 Å². The minimum absolute atomic E-state index is 0.0157. The zero-order chi connectivity index (χ0) is 17.4. The molecule has 1 heterocycles. The molecule has 1 amide bonds. The lowest BCUT2D eigenvalue weighted by molar-refractivity contribution is -0.115. The second-order valence-electron chi connectivity index (χ2n) is 6.75. The summed E-state index contributed by atoms with van der Waals surface area (Å²) >= 11 is 1.58. The predicted octanol–water partition coefficient (Wildman–Crippen LogP) is 5.02. The maximum atomic E-state index is 12.3. The lowest BCUT2D eigenvalue weighted by atomic mass is 10.0. The number of nitrogens with one attached hydrogen (secondary N) is 1. The third-order valence-electron chi connectivity index (χ3n) is 4.58. The van der Waals surface area contributed by atoms with E-state index in [0.717, 1.165) is 17.7 Å². The molecule has 1 aliphatic carbocycles.